The summed E-state index contributed by atoms with van der Waals surface area (Å²) < 4.78 is 18.3. The van der Waals surface area contributed by atoms with Crippen molar-refractivity contribution in [1.82, 2.24) is 0 Å². The molecule has 0 saturated carbocycles. The number of hydrogen-bond acceptors (Lipinski definition) is 4. The standard InChI is InChI=1S/C24H32O4Si/c1-17-12-13-20-18(15-17)10-8-14-26-22-19(9-7-11-21(22)28-23(20)25)16-27-29(5,6)24(2,3)4/h7,9,11-13,15H,8,10,14,16H2,1-6H3. The van der Waals surface area contributed by atoms with Crippen molar-refractivity contribution >= 4 is 14.3 Å². The number of hydrogen-bond donors (Lipinski definition) is 0. The molecule has 0 saturated heterocycles. The molecule has 0 atom stereocenters. The molecule has 0 fully saturated rings. The SMILES string of the molecule is Cc1ccc2c(c1)CCCOc1c(CO[Si](C)(C)C(C)(C)C)cccc1OC2=O. The van der Waals surface area contributed by atoms with Crippen LogP contribution in [-0.4, -0.2) is 20.9 Å². The minimum absolute atomic E-state index is 0.126. The van der Waals surface area contributed by atoms with Crippen molar-refractivity contribution in [2.45, 2.75) is 65.3 Å². The Bertz CT molecular complexity index is 896. The van der Waals surface area contributed by atoms with Crippen molar-refractivity contribution < 1.29 is 18.7 Å². The Kier molecular flexibility index (Phi) is 6.20. The monoisotopic (exact) mass is 412 g/mol. The summed E-state index contributed by atoms with van der Waals surface area (Å²) in [6.07, 6.45) is 1.62. The Hall–Kier alpha value is -2.11. The first-order valence-corrected chi connectivity index (χ1v) is 13.2. The third-order valence-corrected chi connectivity index (χ3v) is 10.5. The fourth-order valence-electron chi connectivity index (χ4n) is 3.11. The normalized spacial score (nSPS) is 15.0. The van der Waals surface area contributed by atoms with E-state index in [2.05, 4.69) is 39.9 Å². The number of aryl methyl sites for hydroxylation is 2. The molecule has 0 aromatic heterocycles. The van der Waals surface area contributed by atoms with Gasteiger partial charge < -0.3 is 13.9 Å². The Morgan fingerprint density at radius 2 is 1.90 bits per heavy atom. The number of benzene rings is 2. The van der Waals surface area contributed by atoms with E-state index in [0.717, 1.165) is 29.5 Å². The van der Waals surface area contributed by atoms with Crippen LogP contribution in [0.5, 0.6) is 11.5 Å². The summed E-state index contributed by atoms with van der Waals surface area (Å²) in [5.41, 5.74) is 3.70. The first-order chi connectivity index (χ1) is 13.6. The highest BCUT2D eigenvalue weighted by molar-refractivity contribution is 6.74. The summed E-state index contributed by atoms with van der Waals surface area (Å²) in [4.78, 5) is 12.9. The summed E-state index contributed by atoms with van der Waals surface area (Å²) in [5.74, 6) is 0.740. The maximum Gasteiger partial charge on any atom is 0.343 e. The minimum atomic E-state index is -1.90. The average molecular weight is 413 g/mol. The van der Waals surface area contributed by atoms with Crippen molar-refractivity contribution in [1.29, 1.82) is 0 Å². The Morgan fingerprint density at radius 3 is 2.62 bits per heavy atom. The first-order valence-electron chi connectivity index (χ1n) is 10.3. The lowest BCUT2D eigenvalue weighted by Crippen LogP contribution is -2.40. The van der Waals surface area contributed by atoms with Gasteiger partial charge in [0.25, 0.3) is 0 Å². The maximum atomic E-state index is 12.9. The lowest BCUT2D eigenvalue weighted by Gasteiger charge is -2.36. The number of esters is 1. The number of fused-ring (bicyclic) bond motifs is 2. The second kappa shape index (κ2) is 8.32. The number of carbonyl (C=O) groups excluding carboxylic acids is 1. The zero-order valence-electron chi connectivity index (χ0n) is 18.4. The molecule has 0 spiro atoms. The third kappa shape index (κ3) is 4.90. The number of para-hydroxylation sites is 1. The summed E-state index contributed by atoms with van der Waals surface area (Å²) >= 11 is 0. The van der Waals surface area contributed by atoms with Crippen LogP contribution in [0.2, 0.25) is 18.1 Å². The summed E-state index contributed by atoms with van der Waals surface area (Å²) in [6.45, 7) is 14.2. The van der Waals surface area contributed by atoms with E-state index >= 15 is 0 Å². The van der Waals surface area contributed by atoms with Gasteiger partial charge in [-0.1, -0.05) is 50.6 Å². The predicted octanol–water partition coefficient (Wildman–Crippen LogP) is 6.06. The quantitative estimate of drug-likeness (QED) is 0.349. The van der Waals surface area contributed by atoms with Gasteiger partial charge in [-0.15, -0.1) is 0 Å². The summed E-state index contributed by atoms with van der Waals surface area (Å²) in [6, 6.07) is 11.5. The third-order valence-electron chi connectivity index (χ3n) is 5.98. The molecule has 0 bridgehead atoms. The molecule has 1 aliphatic rings. The van der Waals surface area contributed by atoms with Gasteiger partial charge in [0.15, 0.2) is 19.8 Å². The topological polar surface area (TPSA) is 44.8 Å². The minimum Gasteiger partial charge on any atom is -0.489 e. The number of ether oxygens (including phenoxy) is 2. The van der Waals surface area contributed by atoms with Gasteiger partial charge in [0.2, 0.25) is 0 Å². The van der Waals surface area contributed by atoms with E-state index in [1.165, 1.54) is 0 Å². The molecule has 1 heterocycles. The van der Waals surface area contributed by atoms with E-state index in [0.29, 0.717) is 30.3 Å². The van der Waals surface area contributed by atoms with Crippen LogP contribution in [-0.2, 0) is 17.5 Å². The van der Waals surface area contributed by atoms with Crippen LogP contribution in [0.3, 0.4) is 0 Å². The van der Waals surface area contributed by atoms with E-state index < -0.39 is 8.32 Å². The van der Waals surface area contributed by atoms with E-state index in [4.69, 9.17) is 13.9 Å². The fourth-order valence-corrected chi connectivity index (χ4v) is 4.06. The van der Waals surface area contributed by atoms with Crippen LogP contribution < -0.4 is 9.47 Å². The zero-order valence-corrected chi connectivity index (χ0v) is 19.4. The van der Waals surface area contributed by atoms with Crippen molar-refractivity contribution in [3.8, 4) is 11.5 Å². The van der Waals surface area contributed by atoms with Crippen LogP contribution in [0.25, 0.3) is 0 Å². The van der Waals surface area contributed by atoms with Gasteiger partial charge in [0.1, 0.15) is 0 Å². The van der Waals surface area contributed by atoms with E-state index in [1.807, 2.05) is 31.2 Å². The zero-order chi connectivity index (χ0) is 21.2. The highest BCUT2D eigenvalue weighted by Crippen LogP contribution is 2.39. The molecule has 4 nitrogen and oxygen atoms in total. The lowest BCUT2D eigenvalue weighted by molar-refractivity contribution is 0.0724. The molecule has 5 heteroatoms. The van der Waals surface area contributed by atoms with E-state index in [9.17, 15) is 4.79 Å². The fraction of sp³-hybridized carbons (Fsp3) is 0.458. The highest BCUT2D eigenvalue weighted by atomic mass is 28.4. The molecule has 29 heavy (non-hydrogen) atoms. The molecule has 0 unspecified atom stereocenters. The molecular weight excluding hydrogens is 380 g/mol. The van der Waals surface area contributed by atoms with Gasteiger partial charge in [0.05, 0.1) is 18.8 Å². The van der Waals surface area contributed by atoms with Crippen LogP contribution in [0.1, 0.15) is 54.2 Å². The number of rotatable bonds is 3. The Labute approximate surface area is 175 Å². The van der Waals surface area contributed by atoms with E-state index in [1.54, 1.807) is 6.07 Å². The molecule has 0 radical (unpaired) electrons. The maximum absolute atomic E-state index is 12.9. The predicted molar refractivity (Wildman–Crippen MR) is 118 cm³/mol. The van der Waals surface area contributed by atoms with Gasteiger partial charge in [-0.2, -0.15) is 0 Å². The smallest absolute Gasteiger partial charge is 0.343 e. The Balaban J connectivity index is 1.89. The van der Waals surface area contributed by atoms with Crippen molar-refractivity contribution in [2.75, 3.05) is 6.61 Å². The number of carbonyl (C=O) groups is 1. The molecular formula is C24H32O4Si. The summed E-state index contributed by atoms with van der Waals surface area (Å²) in [5, 5.41) is 0.126. The molecule has 1 aliphatic heterocycles. The molecule has 2 aromatic rings. The molecule has 0 amide bonds. The largest absolute Gasteiger partial charge is 0.489 e. The molecule has 156 valence electrons. The van der Waals surface area contributed by atoms with E-state index in [-0.39, 0.29) is 11.0 Å². The van der Waals surface area contributed by atoms with Crippen LogP contribution in [0, 0.1) is 6.92 Å². The van der Waals surface area contributed by atoms with Crippen LogP contribution >= 0.6 is 0 Å². The summed E-state index contributed by atoms with van der Waals surface area (Å²) in [7, 11) is -1.90. The second-order valence-corrected chi connectivity index (χ2v) is 14.1. The Morgan fingerprint density at radius 1 is 1.14 bits per heavy atom. The average Bonchev–Trinajstić information content (AvgIpc) is 2.63. The van der Waals surface area contributed by atoms with Gasteiger partial charge in [0, 0.05) is 5.56 Å². The molecule has 0 aliphatic carbocycles. The van der Waals surface area contributed by atoms with Crippen LogP contribution in [0.4, 0.5) is 0 Å². The molecule has 0 N–H and O–H groups in total. The van der Waals surface area contributed by atoms with Gasteiger partial charge >= 0.3 is 5.97 Å². The van der Waals surface area contributed by atoms with Crippen molar-refractivity contribution in [3.05, 3.63) is 58.7 Å². The van der Waals surface area contributed by atoms with Gasteiger partial charge in [-0.3, -0.25) is 0 Å². The highest BCUT2D eigenvalue weighted by Gasteiger charge is 2.37. The van der Waals surface area contributed by atoms with Crippen LogP contribution in [0.15, 0.2) is 36.4 Å². The second-order valence-electron chi connectivity index (χ2n) is 9.30. The van der Waals surface area contributed by atoms with Crippen molar-refractivity contribution in [3.63, 3.8) is 0 Å². The van der Waals surface area contributed by atoms with Gasteiger partial charge in [-0.25, -0.2) is 4.79 Å². The van der Waals surface area contributed by atoms with Gasteiger partial charge in [-0.05, 0) is 55.6 Å². The first kappa shape index (κ1) is 21.6. The molecule has 3 rings (SSSR count). The van der Waals surface area contributed by atoms with Crippen molar-refractivity contribution in [2.24, 2.45) is 0 Å². The lowest BCUT2D eigenvalue weighted by atomic mass is 10.0. The molecule has 2 aromatic carbocycles.